The fraction of sp³-hybridized carbons (Fsp3) is 0.250. The van der Waals surface area contributed by atoms with E-state index in [0.29, 0.717) is 11.4 Å². The van der Waals surface area contributed by atoms with Gasteiger partial charge in [-0.15, -0.1) is 0 Å². The molecule has 1 aliphatic rings. The minimum Gasteiger partial charge on any atom is -0.497 e. The number of benzene rings is 2. The van der Waals surface area contributed by atoms with Crippen molar-refractivity contribution >= 4 is 0 Å². The zero-order valence-corrected chi connectivity index (χ0v) is 14.9. The fourth-order valence-corrected chi connectivity index (χ4v) is 3.38. The summed E-state index contributed by atoms with van der Waals surface area (Å²) < 4.78 is 41.2. The maximum atomic E-state index is 14.3. The molecule has 1 aliphatic heterocycles. The van der Waals surface area contributed by atoms with Gasteiger partial charge < -0.3 is 9.47 Å². The Labute approximate surface area is 154 Å². The van der Waals surface area contributed by atoms with E-state index >= 15 is 0 Å². The molecule has 140 valence electrons. The van der Waals surface area contributed by atoms with Crippen molar-refractivity contribution in [1.82, 2.24) is 9.13 Å². The maximum Gasteiger partial charge on any atom is 0.333 e. The Bertz CT molecular complexity index is 1040. The summed E-state index contributed by atoms with van der Waals surface area (Å²) in [6.07, 6.45) is 3.29. The SMILES string of the molecule is COc1ccc(-n2ccn([C@H](C)[C@]3(c4ccc(F)cc4F)CO3)c2=O)cc1. The van der Waals surface area contributed by atoms with Gasteiger partial charge in [0.1, 0.15) is 23.0 Å². The number of hydrogen-bond donors (Lipinski definition) is 0. The average molecular weight is 372 g/mol. The van der Waals surface area contributed by atoms with E-state index in [4.69, 9.17) is 9.47 Å². The van der Waals surface area contributed by atoms with Gasteiger partial charge in [0.15, 0.2) is 0 Å². The Kier molecular flexibility index (Phi) is 4.11. The van der Waals surface area contributed by atoms with Gasteiger partial charge in [-0.05, 0) is 37.3 Å². The molecule has 0 unspecified atom stereocenters. The van der Waals surface area contributed by atoms with E-state index in [0.717, 1.165) is 6.07 Å². The van der Waals surface area contributed by atoms with Crippen LogP contribution in [0.4, 0.5) is 8.78 Å². The Hall–Kier alpha value is -2.93. The molecule has 2 aromatic carbocycles. The monoisotopic (exact) mass is 372 g/mol. The number of rotatable bonds is 5. The maximum absolute atomic E-state index is 14.3. The minimum atomic E-state index is -0.978. The topological polar surface area (TPSA) is 48.7 Å². The van der Waals surface area contributed by atoms with E-state index in [1.165, 1.54) is 21.3 Å². The summed E-state index contributed by atoms with van der Waals surface area (Å²) in [6, 6.07) is 10.0. The summed E-state index contributed by atoms with van der Waals surface area (Å²) in [4.78, 5) is 12.9. The smallest absolute Gasteiger partial charge is 0.333 e. The summed E-state index contributed by atoms with van der Waals surface area (Å²) in [5, 5.41) is 0. The first-order valence-electron chi connectivity index (χ1n) is 8.49. The van der Waals surface area contributed by atoms with Crippen molar-refractivity contribution in [3.8, 4) is 11.4 Å². The Morgan fingerprint density at radius 3 is 2.44 bits per heavy atom. The van der Waals surface area contributed by atoms with E-state index in [1.54, 1.807) is 50.7 Å². The molecule has 1 saturated heterocycles. The van der Waals surface area contributed by atoms with E-state index in [-0.39, 0.29) is 17.9 Å². The first kappa shape index (κ1) is 17.5. The van der Waals surface area contributed by atoms with Gasteiger partial charge in [-0.2, -0.15) is 0 Å². The van der Waals surface area contributed by atoms with Gasteiger partial charge in [-0.25, -0.2) is 13.6 Å². The van der Waals surface area contributed by atoms with Gasteiger partial charge in [-0.3, -0.25) is 9.13 Å². The molecular weight excluding hydrogens is 354 g/mol. The molecule has 0 aliphatic carbocycles. The third-order valence-electron chi connectivity index (χ3n) is 5.09. The van der Waals surface area contributed by atoms with Gasteiger partial charge in [0.25, 0.3) is 0 Å². The van der Waals surface area contributed by atoms with Crippen LogP contribution in [0.3, 0.4) is 0 Å². The summed E-state index contributed by atoms with van der Waals surface area (Å²) >= 11 is 0. The quantitative estimate of drug-likeness (QED) is 0.645. The standard InChI is InChI=1S/C20H18F2N2O3/c1-13(20(12-27-20)17-8-3-14(21)11-18(17)22)23-9-10-24(19(23)25)15-4-6-16(26-2)7-5-15/h3-11,13H,12H2,1-2H3/t13-,20+/m1/s1. The third kappa shape index (κ3) is 2.84. The van der Waals surface area contributed by atoms with Crippen molar-refractivity contribution < 1.29 is 18.3 Å². The van der Waals surface area contributed by atoms with Crippen LogP contribution in [0.2, 0.25) is 0 Å². The van der Waals surface area contributed by atoms with Crippen LogP contribution in [0.25, 0.3) is 5.69 Å². The number of halogens is 2. The normalized spacial score (nSPS) is 19.7. The number of methoxy groups -OCH3 is 1. The first-order valence-corrected chi connectivity index (χ1v) is 8.49. The Morgan fingerprint density at radius 2 is 1.85 bits per heavy atom. The van der Waals surface area contributed by atoms with Crippen molar-refractivity contribution in [2.75, 3.05) is 13.7 Å². The summed E-state index contributed by atoms with van der Waals surface area (Å²) in [7, 11) is 1.57. The van der Waals surface area contributed by atoms with Crippen molar-refractivity contribution in [3.05, 3.63) is 82.5 Å². The Balaban J connectivity index is 1.69. The van der Waals surface area contributed by atoms with Crippen LogP contribution in [0, 0.1) is 11.6 Å². The zero-order chi connectivity index (χ0) is 19.2. The number of epoxide rings is 1. The fourth-order valence-electron chi connectivity index (χ4n) is 3.38. The highest BCUT2D eigenvalue weighted by molar-refractivity contribution is 5.37. The summed E-state index contributed by atoms with van der Waals surface area (Å²) in [5.74, 6) is -0.638. The number of imidazole rings is 1. The molecule has 4 rings (SSSR count). The molecule has 3 aromatic rings. The van der Waals surface area contributed by atoms with Crippen molar-refractivity contribution in [3.63, 3.8) is 0 Å². The molecule has 5 nitrogen and oxygen atoms in total. The van der Waals surface area contributed by atoms with Crippen LogP contribution < -0.4 is 10.4 Å². The van der Waals surface area contributed by atoms with Crippen molar-refractivity contribution in [1.29, 1.82) is 0 Å². The second-order valence-corrected chi connectivity index (χ2v) is 6.53. The van der Waals surface area contributed by atoms with E-state index < -0.39 is 23.3 Å². The van der Waals surface area contributed by atoms with Crippen LogP contribution in [0.5, 0.6) is 5.75 Å². The van der Waals surface area contributed by atoms with Crippen molar-refractivity contribution in [2.24, 2.45) is 0 Å². The number of nitrogens with zero attached hydrogens (tertiary/aromatic N) is 2. The lowest BCUT2D eigenvalue weighted by atomic mass is 9.92. The van der Waals surface area contributed by atoms with E-state index in [2.05, 4.69) is 0 Å². The predicted molar refractivity (Wildman–Crippen MR) is 95.3 cm³/mol. The zero-order valence-electron chi connectivity index (χ0n) is 14.9. The van der Waals surface area contributed by atoms with Crippen LogP contribution >= 0.6 is 0 Å². The first-order chi connectivity index (χ1) is 13.0. The van der Waals surface area contributed by atoms with Gasteiger partial charge in [0.05, 0.1) is 25.4 Å². The molecule has 7 heteroatoms. The van der Waals surface area contributed by atoms with Gasteiger partial charge >= 0.3 is 5.69 Å². The second-order valence-electron chi connectivity index (χ2n) is 6.53. The molecule has 0 saturated carbocycles. The molecule has 0 spiro atoms. The molecule has 0 N–H and O–H groups in total. The average Bonchev–Trinajstić information content (AvgIpc) is 3.38. The summed E-state index contributed by atoms with van der Waals surface area (Å²) in [6.45, 7) is 2.05. The number of ether oxygens (including phenoxy) is 2. The molecule has 1 fully saturated rings. The molecule has 2 heterocycles. The molecule has 0 radical (unpaired) electrons. The van der Waals surface area contributed by atoms with Gasteiger partial charge in [0, 0.05) is 24.0 Å². The molecule has 2 atom stereocenters. The highest BCUT2D eigenvalue weighted by Gasteiger charge is 2.54. The lowest BCUT2D eigenvalue weighted by molar-refractivity contribution is 0.222. The van der Waals surface area contributed by atoms with Crippen molar-refractivity contribution in [2.45, 2.75) is 18.6 Å². The lowest BCUT2D eigenvalue weighted by Gasteiger charge is -2.22. The molecule has 27 heavy (non-hydrogen) atoms. The molecule has 1 aromatic heterocycles. The van der Waals surface area contributed by atoms with Gasteiger partial charge in [-0.1, -0.05) is 6.07 Å². The summed E-state index contributed by atoms with van der Waals surface area (Å²) in [5.41, 5.74) is -0.315. The Morgan fingerprint density at radius 1 is 1.15 bits per heavy atom. The van der Waals surface area contributed by atoms with E-state index in [1.807, 2.05) is 0 Å². The van der Waals surface area contributed by atoms with Crippen LogP contribution in [0.15, 0.2) is 59.7 Å². The number of hydrogen-bond acceptors (Lipinski definition) is 3. The minimum absolute atomic E-state index is 0.250. The highest BCUT2D eigenvalue weighted by Crippen LogP contribution is 2.48. The highest BCUT2D eigenvalue weighted by atomic mass is 19.1. The third-order valence-corrected chi connectivity index (χ3v) is 5.09. The largest absolute Gasteiger partial charge is 0.497 e. The predicted octanol–water partition coefficient (Wildman–Crippen LogP) is 3.41. The van der Waals surface area contributed by atoms with Gasteiger partial charge in [0.2, 0.25) is 0 Å². The number of aromatic nitrogens is 2. The van der Waals surface area contributed by atoms with Crippen LogP contribution in [0.1, 0.15) is 18.5 Å². The molecule has 0 bridgehead atoms. The van der Waals surface area contributed by atoms with E-state index in [9.17, 15) is 13.6 Å². The van der Waals surface area contributed by atoms with Crippen LogP contribution in [-0.4, -0.2) is 22.9 Å². The van der Waals surface area contributed by atoms with Crippen LogP contribution in [-0.2, 0) is 10.3 Å². The second kappa shape index (κ2) is 6.35. The molecular formula is C20H18F2N2O3. The molecule has 0 amide bonds. The lowest BCUT2D eigenvalue weighted by Crippen LogP contribution is -2.32.